The van der Waals surface area contributed by atoms with Gasteiger partial charge in [0, 0.05) is 33.0 Å². The minimum atomic E-state index is -2.11. The van der Waals surface area contributed by atoms with Crippen LogP contribution in [0, 0.1) is 0 Å². The van der Waals surface area contributed by atoms with E-state index in [0.717, 1.165) is 49.8 Å². The molecule has 0 fully saturated rings. The van der Waals surface area contributed by atoms with Crippen LogP contribution in [-0.4, -0.2) is 23.0 Å². The van der Waals surface area contributed by atoms with E-state index in [1.165, 1.54) is 32.6 Å². The second-order valence-corrected chi connectivity index (χ2v) is 18.2. The SMILES string of the molecule is C[Si]1(C)c2ccccc2-c2ccc(-c3nc(-c4ccccc4)nc(-c4ccc5c(oc6ccccc65)c4-c4ccccc4)n3)c(-c3ccccc3)c21. The van der Waals surface area contributed by atoms with Gasteiger partial charge in [-0.1, -0.05) is 153 Å². The van der Waals surface area contributed by atoms with E-state index >= 15 is 0 Å². The quantitative estimate of drug-likeness (QED) is 0.169. The Morgan fingerprint density at radius 1 is 0.404 bits per heavy atom. The third-order valence-corrected chi connectivity index (χ3v) is 14.1. The van der Waals surface area contributed by atoms with Gasteiger partial charge in [-0.2, -0.15) is 0 Å². The van der Waals surface area contributed by atoms with E-state index in [2.05, 4.69) is 140 Å². The van der Waals surface area contributed by atoms with E-state index in [9.17, 15) is 0 Å². The summed E-state index contributed by atoms with van der Waals surface area (Å²) in [5, 5.41) is 5.04. The van der Waals surface area contributed by atoms with E-state index in [-0.39, 0.29) is 0 Å². The summed E-state index contributed by atoms with van der Waals surface area (Å²) in [6.45, 7) is 4.94. The van der Waals surface area contributed by atoms with Crippen molar-refractivity contribution in [2.45, 2.75) is 13.1 Å². The molecule has 0 radical (unpaired) electrons. The number of rotatable bonds is 5. The van der Waals surface area contributed by atoms with Gasteiger partial charge < -0.3 is 4.42 Å². The van der Waals surface area contributed by atoms with Gasteiger partial charge >= 0.3 is 0 Å². The lowest BCUT2D eigenvalue weighted by Gasteiger charge is -2.24. The summed E-state index contributed by atoms with van der Waals surface area (Å²) in [6, 6.07) is 57.4. The van der Waals surface area contributed by atoms with Gasteiger partial charge in [-0.05, 0) is 62.5 Å². The molecule has 0 amide bonds. The molecule has 52 heavy (non-hydrogen) atoms. The zero-order valence-corrected chi connectivity index (χ0v) is 29.8. The molecule has 1 aliphatic rings. The summed E-state index contributed by atoms with van der Waals surface area (Å²) < 4.78 is 6.64. The highest BCUT2D eigenvalue weighted by Gasteiger charge is 2.40. The highest BCUT2D eigenvalue weighted by atomic mass is 28.3. The molecule has 0 atom stereocenters. The Kier molecular flexibility index (Phi) is 6.91. The van der Waals surface area contributed by atoms with Crippen LogP contribution in [0.4, 0.5) is 0 Å². The molecule has 1 aliphatic heterocycles. The molecule has 0 bridgehead atoms. The minimum absolute atomic E-state index is 0.601. The molecular weight excluding hydrogens is 651 g/mol. The van der Waals surface area contributed by atoms with E-state index in [0.29, 0.717) is 17.5 Å². The van der Waals surface area contributed by atoms with Gasteiger partial charge in [0.05, 0.1) is 0 Å². The Balaban J connectivity index is 1.29. The molecule has 0 unspecified atom stereocenters. The molecule has 10 rings (SSSR count). The Hall–Kier alpha value is -6.43. The van der Waals surface area contributed by atoms with E-state index in [1.807, 2.05) is 36.4 Å². The standard InChI is InChI=1S/C47H33N3OSi/c1-52(2)40-25-15-13-23-34(40)36-27-29-38(42(44(36)52)31-18-8-4-9-19-31)47-49-45(32-20-10-5-11-21-32)48-46(50-47)37-28-26-35-33-22-12-14-24-39(33)51-43(35)41(37)30-16-6-3-7-17-30/h3-29H,1-2H3. The van der Waals surface area contributed by atoms with Crippen LogP contribution in [0.2, 0.25) is 13.1 Å². The second kappa shape index (κ2) is 11.8. The third-order valence-electron chi connectivity index (χ3n) is 10.5. The maximum Gasteiger partial charge on any atom is 0.164 e. The van der Waals surface area contributed by atoms with Crippen molar-refractivity contribution in [3.8, 4) is 67.5 Å². The number of hydrogen-bond donors (Lipinski definition) is 0. The largest absolute Gasteiger partial charge is 0.455 e. The highest BCUT2D eigenvalue weighted by Crippen LogP contribution is 2.43. The lowest BCUT2D eigenvalue weighted by atomic mass is 9.93. The molecular formula is C47H33N3OSi. The van der Waals surface area contributed by atoms with Crippen LogP contribution in [-0.2, 0) is 0 Å². The molecule has 2 aromatic heterocycles. The molecule has 7 aromatic carbocycles. The van der Waals surface area contributed by atoms with E-state index in [4.69, 9.17) is 19.4 Å². The zero-order chi connectivity index (χ0) is 34.8. The maximum atomic E-state index is 6.64. The summed E-state index contributed by atoms with van der Waals surface area (Å²) in [7, 11) is -2.11. The van der Waals surface area contributed by atoms with Crippen molar-refractivity contribution < 1.29 is 4.42 Å². The number of benzene rings is 7. The average Bonchev–Trinajstić information content (AvgIpc) is 3.70. The third kappa shape index (κ3) is 4.70. The highest BCUT2D eigenvalue weighted by molar-refractivity contribution is 7.04. The number of nitrogens with zero attached hydrogens (tertiary/aromatic N) is 3. The molecule has 0 spiro atoms. The lowest BCUT2D eigenvalue weighted by Crippen LogP contribution is -2.50. The summed E-state index contributed by atoms with van der Waals surface area (Å²) in [5.74, 6) is 1.88. The molecule has 0 saturated heterocycles. The van der Waals surface area contributed by atoms with Gasteiger partial charge in [-0.3, -0.25) is 0 Å². The number of aromatic nitrogens is 3. The van der Waals surface area contributed by atoms with Crippen molar-refractivity contribution in [3.05, 3.63) is 164 Å². The molecule has 4 nitrogen and oxygen atoms in total. The first-order valence-corrected chi connectivity index (χ1v) is 20.7. The van der Waals surface area contributed by atoms with Crippen molar-refractivity contribution in [2.24, 2.45) is 0 Å². The Labute approximate surface area is 303 Å². The Bertz CT molecular complexity index is 2810. The normalized spacial score (nSPS) is 13.0. The number of fused-ring (bicyclic) bond motifs is 6. The fraction of sp³-hybridized carbons (Fsp3) is 0.0426. The van der Waals surface area contributed by atoms with Crippen molar-refractivity contribution in [2.75, 3.05) is 0 Å². The van der Waals surface area contributed by atoms with Crippen molar-refractivity contribution in [1.29, 1.82) is 0 Å². The van der Waals surface area contributed by atoms with E-state index < -0.39 is 8.07 Å². The molecule has 0 saturated carbocycles. The van der Waals surface area contributed by atoms with Crippen LogP contribution in [0.1, 0.15) is 0 Å². The monoisotopic (exact) mass is 683 g/mol. The second-order valence-electron chi connectivity index (χ2n) is 13.9. The molecule has 0 N–H and O–H groups in total. The predicted octanol–water partition coefficient (Wildman–Crippen LogP) is 10.9. The van der Waals surface area contributed by atoms with Crippen LogP contribution >= 0.6 is 0 Å². The van der Waals surface area contributed by atoms with Gasteiger partial charge in [0.1, 0.15) is 19.2 Å². The lowest BCUT2D eigenvalue weighted by molar-refractivity contribution is 0.670. The van der Waals surface area contributed by atoms with Crippen LogP contribution in [0.15, 0.2) is 168 Å². The van der Waals surface area contributed by atoms with Gasteiger partial charge in [-0.25, -0.2) is 15.0 Å². The van der Waals surface area contributed by atoms with Gasteiger partial charge in [0.2, 0.25) is 0 Å². The van der Waals surface area contributed by atoms with Crippen LogP contribution in [0.5, 0.6) is 0 Å². The van der Waals surface area contributed by atoms with Gasteiger partial charge in [0.15, 0.2) is 17.5 Å². The summed E-state index contributed by atoms with van der Waals surface area (Å²) in [5.41, 5.74) is 11.5. The van der Waals surface area contributed by atoms with Crippen molar-refractivity contribution >= 4 is 40.4 Å². The topological polar surface area (TPSA) is 51.8 Å². The fourth-order valence-corrected chi connectivity index (χ4v) is 11.6. The van der Waals surface area contributed by atoms with Crippen LogP contribution < -0.4 is 10.4 Å². The molecule has 5 heteroatoms. The van der Waals surface area contributed by atoms with Crippen molar-refractivity contribution in [3.63, 3.8) is 0 Å². The summed E-state index contributed by atoms with van der Waals surface area (Å²) in [4.78, 5) is 15.9. The van der Waals surface area contributed by atoms with Crippen molar-refractivity contribution in [1.82, 2.24) is 15.0 Å². The molecule has 246 valence electrons. The Morgan fingerprint density at radius 2 is 0.923 bits per heavy atom. The minimum Gasteiger partial charge on any atom is -0.455 e. The average molecular weight is 684 g/mol. The van der Waals surface area contributed by atoms with Crippen LogP contribution in [0.3, 0.4) is 0 Å². The van der Waals surface area contributed by atoms with E-state index in [1.54, 1.807) is 0 Å². The summed E-state index contributed by atoms with van der Waals surface area (Å²) >= 11 is 0. The summed E-state index contributed by atoms with van der Waals surface area (Å²) in [6.07, 6.45) is 0. The maximum absolute atomic E-state index is 6.64. The molecule has 9 aromatic rings. The van der Waals surface area contributed by atoms with Crippen LogP contribution in [0.25, 0.3) is 89.5 Å². The predicted molar refractivity (Wildman–Crippen MR) is 216 cm³/mol. The molecule has 0 aliphatic carbocycles. The Morgan fingerprint density at radius 3 is 1.63 bits per heavy atom. The first-order valence-electron chi connectivity index (χ1n) is 17.7. The molecule has 3 heterocycles. The number of para-hydroxylation sites is 1. The van der Waals surface area contributed by atoms with Gasteiger partial charge in [0.25, 0.3) is 0 Å². The first-order chi connectivity index (χ1) is 25.6. The number of hydrogen-bond acceptors (Lipinski definition) is 4. The zero-order valence-electron chi connectivity index (χ0n) is 28.8. The fourth-order valence-electron chi connectivity index (χ4n) is 8.16. The smallest absolute Gasteiger partial charge is 0.164 e. The first kappa shape index (κ1) is 30.4. The number of furan rings is 1. The van der Waals surface area contributed by atoms with Gasteiger partial charge in [-0.15, -0.1) is 0 Å².